The smallest absolute Gasteiger partial charge is 0.302 e. The van der Waals surface area contributed by atoms with E-state index < -0.39 is 11.5 Å². The average molecular weight is 379 g/mol. The Hall–Kier alpha value is -1.16. The predicted octanol–water partition coefficient (Wildman–Crippen LogP) is 4.41. The van der Waals surface area contributed by atoms with Gasteiger partial charge in [0.1, 0.15) is 0 Å². The van der Waals surface area contributed by atoms with Gasteiger partial charge in [0.05, 0.1) is 18.6 Å². The number of rotatable bonds is 2. The summed E-state index contributed by atoms with van der Waals surface area (Å²) in [5, 5.41) is 11.1. The zero-order chi connectivity index (χ0) is 20.4. The van der Waals surface area contributed by atoms with E-state index in [4.69, 9.17) is 0 Å². The average Bonchev–Trinajstić information content (AvgIpc) is 2.65. The Morgan fingerprint density at radius 3 is 2.26 bits per heavy atom. The van der Waals surface area contributed by atoms with Crippen LogP contribution < -0.4 is 0 Å². The van der Waals surface area contributed by atoms with Gasteiger partial charge in [0.15, 0.2) is 5.78 Å². The van der Waals surface area contributed by atoms with Crippen LogP contribution >= 0.6 is 0 Å². The normalized spacial score (nSPS) is 43.3. The van der Waals surface area contributed by atoms with Crippen molar-refractivity contribution in [1.29, 1.82) is 0 Å². The number of ether oxygens (including phenoxy) is 1. The summed E-state index contributed by atoms with van der Waals surface area (Å²) in [6.07, 6.45) is 7.96. The van der Waals surface area contributed by atoms with E-state index in [-0.39, 0.29) is 17.7 Å². The maximum Gasteiger partial charge on any atom is 0.302 e. The molecule has 0 bridgehead atoms. The lowest BCUT2D eigenvalue weighted by molar-refractivity contribution is -0.185. The number of carbonyl (C=O) groups excluding carboxylic acids is 2. The number of aliphatic hydroxyl groups is 1. The highest BCUT2D eigenvalue weighted by Gasteiger charge is 2.62. The van der Waals surface area contributed by atoms with Crippen molar-refractivity contribution in [1.82, 2.24) is 0 Å². The number of allylic oxidation sites excluding steroid dienone is 1. The SMILES string of the molecule is C=CC(=O)[C@]12C(C)C(C)CCC1C1CCC[C@H](C)C1C[C@H]2O.COC(C)=O. The minimum absolute atomic E-state index is 0.112. The molecule has 3 rings (SSSR count). The third-order valence-electron chi connectivity index (χ3n) is 8.09. The van der Waals surface area contributed by atoms with Gasteiger partial charge in [-0.15, -0.1) is 0 Å². The predicted molar refractivity (Wildman–Crippen MR) is 107 cm³/mol. The first-order chi connectivity index (χ1) is 12.7. The summed E-state index contributed by atoms with van der Waals surface area (Å²) >= 11 is 0. The van der Waals surface area contributed by atoms with Crippen LogP contribution in [0, 0.1) is 40.9 Å². The van der Waals surface area contributed by atoms with Gasteiger partial charge in [-0.25, -0.2) is 0 Å². The Bertz CT molecular complexity index is 557. The molecule has 3 saturated carbocycles. The Labute approximate surface area is 164 Å². The van der Waals surface area contributed by atoms with E-state index in [1.165, 1.54) is 45.8 Å². The molecule has 0 spiro atoms. The maximum absolute atomic E-state index is 13.0. The van der Waals surface area contributed by atoms with Crippen LogP contribution in [-0.4, -0.2) is 30.1 Å². The fourth-order valence-electron chi connectivity index (χ4n) is 6.49. The van der Waals surface area contributed by atoms with Gasteiger partial charge >= 0.3 is 5.97 Å². The largest absolute Gasteiger partial charge is 0.469 e. The molecule has 3 aliphatic rings. The summed E-state index contributed by atoms with van der Waals surface area (Å²) in [5.74, 6) is 2.93. The summed E-state index contributed by atoms with van der Waals surface area (Å²) in [5.41, 5.74) is -0.558. The van der Waals surface area contributed by atoms with Gasteiger partial charge in [0.2, 0.25) is 0 Å². The molecule has 4 heteroatoms. The summed E-state index contributed by atoms with van der Waals surface area (Å²) in [7, 11) is 1.35. The van der Waals surface area contributed by atoms with Crippen LogP contribution in [0.25, 0.3) is 0 Å². The van der Waals surface area contributed by atoms with Crippen LogP contribution in [-0.2, 0) is 14.3 Å². The van der Waals surface area contributed by atoms with Gasteiger partial charge in [-0.2, -0.15) is 0 Å². The molecule has 0 radical (unpaired) electrons. The van der Waals surface area contributed by atoms with Gasteiger partial charge in [-0.3, -0.25) is 9.59 Å². The van der Waals surface area contributed by atoms with E-state index in [0.29, 0.717) is 29.6 Å². The number of aliphatic hydroxyl groups excluding tert-OH is 1. The highest BCUT2D eigenvalue weighted by molar-refractivity contribution is 5.95. The van der Waals surface area contributed by atoms with E-state index in [2.05, 4.69) is 32.1 Å². The number of esters is 1. The standard InChI is InChI=1S/C20H32O2.C3H6O2/c1-5-18(21)20-14(4)12(2)9-10-17(20)15-8-6-7-13(3)16(15)11-19(20)22;1-3(4)5-2/h5,12-17,19,22H,1,6-11H2,2-4H3;1-2H3/t12?,13-,14?,15?,16?,17?,19+,20-;/m0./s1. The molecule has 0 saturated heterocycles. The van der Waals surface area contributed by atoms with Gasteiger partial charge < -0.3 is 9.84 Å². The summed E-state index contributed by atoms with van der Waals surface area (Å²) < 4.78 is 4.11. The maximum atomic E-state index is 13.0. The lowest BCUT2D eigenvalue weighted by Crippen LogP contribution is -2.63. The molecular formula is C23H38O4. The number of fused-ring (bicyclic) bond motifs is 3. The van der Waals surface area contributed by atoms with Gasteiger partial charge in [-0.05, 0) is 60.8 Å². The van der Waals surface area contributed by atoms with Crippen molar-refractivity contribution in [3.05, 3.63) is 12.7 Å². The van der Waals surface area contributed by atoms with Crippen molar-refractivity contribution in [3.8, 4) is 0 Å². The Morgan fingerprint density at radius 1 is 1.07 bits per heavy atom. The van der Waals surface area contributed by atoms with Crippen LogP contribution in [0.15, 0.2) is 12.7 Å². The van der Waals surface area contributed by atoms with Crippen molar-refractivity contribution in [2.75, 3.05) is 7.11 Å². The molecule has 5 unspecified atom stereocenters. The van der Waals surface area contributed by atoms with E-state index in [1.54, 1.807) is 0 Å². The summed E-state index contributed by atoms with van der Waals surface area (Å²) in [6.45, 7) is 11.9. The van der Waals surface area contributed by atoms with Crippen LogP contribution in [0.4, 0.5) is 0 Å². The highest BCUT2D eigenvalue weighted by Crippen LogP contribution is 2.62. The van der Waals surface area contributed by atoms with Crippen molar-refractivity contribution in [3.63, 3.8) is 0 Å². The number of ketones is 1. The third-order valence-corrected chi connectivity index (χ3v) is 8.09. The second-order valence-corrected chi connectivity index (χ2v) is 9.13. The first-order valence-corrected chi connectivity index (χ1v) is 10.6. The first kappa shape index (κ1) is 22.1. The van der Waals surface area contributed by atoms with Crippen molar-refractivity contribution < 1.29 is 19.4 Å². The topological polar surface area (TPSA) is 63.6 Å². The van der Waals surface area contributed by atoms with Crippen LogP contribution in [0.1, 0.15) is 66.2 Å². The van der Waals surface area contributed by atoms with Crippen molar-refractivity contribution >= 4 is 11.8 Å². The molecule has 4 nitrogen and oxygen atoms in total. The lowest BCUT2D eigenvalue weighted by atomic mass is 9.43. The lowest BCUT2D eigenvalue weighted by Gasteiger charge is -2.61. The van der Waals surface area contributed by atoms with E-state index in [1.807, 2.05) is 0 Å². The molecule has 27 heavy (non-hydrogen) atoms. The van der Waals surface area contributed by atoms with Gasteiger partial charge in [0.25, 0.3) is 0 Å². The first-order valence-electron chi connectivity index (χ1n) is 10.6. The number of carbonyl (C=O) groups is 2. The molecule has 3 fully saturated rings. The van der Waals surface area contributed by atoms with E-state index in [9.17, 15) is 14.7 Å². The fourth-order valence-corrected chi connectivity index (χ4v) is 6.49. The molecule has 0 aromatic carbocycles. The molecule has 0 aromatic heterocycles. The quantitative estimate of drug-likeness (QED) is 0.571. The van der Waals surface area contributed by atoms with E-state index in [0.717, 1.165) is 12.8 Å². The van der Waals surface area contributed by atoms with Gasteiger partial charge in [0, 0.05) is 6.92 Å². The fraction of sp³-hybridized carbons (Fsp3) is 0.826. The molecule has 1 N–H and O–H groups in total. The molecule has 0 heterocycles. The summed E-state index contributed by atoms with van der Waals surface area (Å²) in [4.78, 5) is 22.6. The molecule has 8 atom stereocenters. The monoisotopic (exact) mass is 378 g/mol. The van der Waals surface area contributed by atoms with Crippen LogP contribution in [0.5, 0.6) is 0 Å². The van der Waals surface area contributed by atoms with E-state index >= 15 is 0 Å². The zero-order valence-electron chi connectivity index (χ0n) is 17.7. The molecule has 3 aliphatic carbocycles. The Kier molecular flexibility index (Phi) is 7.29. The third kappa shape index (κ3) is 3.87. The molecule has 0 aliphatic heterocycles. The summed E-state index contributed by atoms with van der Waals surface area (Å²) in [6, 6.07) is 0. The minimum atomic E-state index is -0.558. The molecule has 0 aromatic rings. The van der Waals surface area contributed by atoms with Crippen LogP contribution in [0.2, 0.25) is 0 Å². The number of methoxy groups -OCH3 is 1. The molecular weight excluding hydrogens is 340 g/mol. The van der Waals surface area contributed by atoms with Crippen molar-refractivity contribution in [2.24, 2.45) is 40.9 Å². The van der Waals surface area contributed by atoms with Gasteiger partial charge in [-0.1, -0.05) is 46.6 Å². The number of hydrogen-bond donors (Lipinski definition) is 1. The minimum Gasteiger partial charge on any atom is -0.469 e. The molecule has 0 amide bonds. The van der Waals surface area contributed by atoms with Crippen LogP contribution in [0.3, 0.4) is 0 Å². The number of hydrogen-bond acceptors (Lipinski definition) is 4. The highest BCUT2D eigenvalue weighted by atomic mass is 16.5. The second-order valence-electron chi connectivity index (χ2n) is 9.13. The Balaban J connectivity index is 0.000000465. The Morgan fingerprint density at radius 2 is 1.70 bits per heavy atom. The second kappa shape index (κ2) is 8.89. The zero-order valence-corrected chi connectivity index (χ0v) is 17.7. The van der Waals surface area contributed by atoms with Crippen molar-refractivity contribution in [2.45, 2.75) is 72.3 Å². The molecule has 154 valence electrons.